The third-order valence-electron chi connectivity index (χ3n) is 1.32. The number of nitrogens with two attached hydrogens (primary N) is 1. The molecule has 0 atom stereocenters. The normalized spacial score (nSPS) is 10.3. The lowest BCUT2D eigenvalue weighted by Gasteiger charge is -1.94. The van der Waals surface area contributed by atoms with Gasteiger partial charge in [-0.25, -0.2) is 9.97 Å². The molecule has 59 valence electrons. The highest BCUT2D eigenvalue weighted by atomic mass is 16.1. The molecule has 0 aliphatic rings. The predicted octanol–water partition coefficient (Wildman–Crippen LogP) is -0.905. The van der Waals surface area contributed by atoms with Crippen LogP contribution < -0.4 is 11.3 Å². The number of rotatable bonds is 0. The van der Waals surface area contributed by atoms with Crippen LogP contribution in [0.5, 0.6) is 0 Å². The molecule has 12 heavy (non-hydrogen) atoms. The van der Waals surface area contributed by atoms with E-state index in [9.17, 15) is 4.79 Å². The number of anilines is 1. The average molecular weight is 162 g/mol. The van der Waals surface area contributed by atoms with Gasteiger partial charge in [-0.05, 0) is 0 Å². The molecule has 0 aliphatic heterocycles. The van der Waals surface area contributed by atoms with Crippen LogP contribution >= 0.6 is 0 Å². The second-order valence-electron chi connectivity index (χ2n) is 2.12. The fourth-order valence-electron chi connectivity index (χ4n) is 0.853. The molecule has 0 saturated heterocycles. The Morgan fingerprint density at radius 3 is 3.25 bits per heavy atom. The molecule has 0 aromatic carbocycles. The van der Waals surface area contributed by atoms with Crippen LogP contribution in [-0.2, 0) is 0 Å². The summed E-state index contributed by atoms with van der Waals surface area (Å²) in [6.45, 7) is 0. The van der Waals surface area contributed by atoms with Crippen molar-refractivity contribution in [1.29, 1.82) is 0 Å². The predicted molar refractivity (Wildman–Crippen MR) is 41.2 cm³/mol. The number of aromatic amines is 1. The summed E-state index contributed by atoms with van der Waals surface area (Å²) >= 11 is 0. The number of nitrogen functional groups attached to an aromatic ring is 1. The second kappa shape index (κ2) is 2.26. The van der Waals surface area contributed by atoms with Gasteiger partial charge in [-0.3, -0.25) is 4.79 Å². The Kier molecular flexibility index (Phi) is 1.26. The molecule has 2 rings (SSSR count). The molecular formula is C6H4N5O. The minimum Gasteiger partial charge on any atom is -0.369 e. The molecule has 3 N–H and O–H groups in total. The lowest BCUT2D eigenvalue weighted by molar-refractivity contribution is 1.12. The average Bonchev–Trinajstić information content (AvgIpc) is 2.04. The van der Waals surface area contributed by atoms with Crippen LogP contribution in [0.25, 0.3) is 11.2 Å². The monoisotopic (exact) mass is 162 g/mol. The number of hydrogen-bond donors (Lipinski definition) is 2. The molecular weight excluding hydrogens is 158 g/mol. The van der Waals surface area contributed by atoms with E-state index in [1.807, 2.05) is 0 Å². The molecule has 0 spiro atoms. The Labute approximate surface area is 66.5 Å². The molecule has 2 aromatic heterocycles. The van der Waals surface area contributed by atoms with Crippen LogP contribution in [0.15, 0.2) is 11.0 Å². The summed E-state index contributed by atoms with van der Waals surface area (Å²) in [6.07, 6.45) is 3.78. The van der Waals surface area contributed by atoms with E-state index < -0.39 is 5.56 Å². The van der Waals surface area contributed by atoms with Gasteiger partial charge in [-0.15, -0.1) is 0 Å². The highest BCUT2D eigenvalue weighted by molar-refractivity contribution is 5.68. The molecule has 2 heterocycles. The summed E-state index contributed by atoms with van der Waals surface area (Å²) in [5.74, 6) is 0.0352. The molecule has 2 aromatic rings. The number of aromatic nitrogens is 4. The maximum atomic E-state index is 11.1. The van der Waals surface area contributed by atoms with Crippen molar-refractivity contribution < 1.29 is 0 Å². The van der Waals surface area contributed by atoms with Gasteiger partial charge in [0.2, 0.25) is 5.95 Å². The van der Waals surface area contributed by atoms with Crippen molar-refractivity contribution in [2.45, 2.75) is 0 Å². The Balaban J connectivity index is 2.99. The SMILES string of the molecule is Nc1nc(=O)c2n[c]cnc2[nH]1. The highest BCUT2D eigenvalue weighted by Gasteiger charge is 2.01. The first-order chi connectivity index (χ1) is 5.77. The number of H-pyrrole nitrogens is 1. The van der Waals surface area contributed by atoms with Crippen molar-refractivity contribution >= 4 is 17.1 Å². The van der Waals surface area contributed by atoms with E-state index >= 15 is 0 Å². The van der Waals surface area contributed by atoms with Crippen LogP contribution in [0.2, 0.25) is 0 Å². The van der Waals surface area contributed by atoms with E-state index in [1.165, 1.54) is 6.20 Å². The summed E-state index contributed by atoms with van der Waals surface area (Å²) in [7, 11) is 0. The van der Waals surface area contributed by atoms with Gasteiger partial charge in [0.05, 0.1) is 6.20 Å². The van der Waals surface area contributed by atoms with Gasteiger partial charge >= 0.3 is 5.56 Å². The van der Waals surface area contributed by atoms with E-state index in [-0.39, 0.29) is 11.5 Å². The third-order valence-corrected chi connectivity index (χ3v) is 1.32. The van der Waals surface area contributed by atoms with E-state index in [0.29, 0.717) is 5.65 Å². The first-order valence-corrected chi connectivity index (χ1v) is 3.16. The van der Waals surface area contributed by atoms with E-state index in [0.717, 1.165) is 0 Å². The van der Waals surface area contributed by atoms with Gasteiger partial charge in [0, 0.05) is 0 Å². The summed E-state index contributed by atoms with van der Waals surface area (Å²) in [5, 5.41) is 0. The smallest absolute Gasteiger partial charge is 0.302 e. The van der Waals surface area contributed by atoms with Crippen LogP contribution in [0, 0.1) is 6.20 Å². The Morgan fingerprint density at radius 1 is 1.58 bits per heavy atom. The van der Waals surface area contributed by atoms with Crippen LogP contribution in [-0.4, -0.2) is 19.9 Å². The summed E-state index contributed by atoms with van der Waals surface area (Å²) in [5.41, 5.74) is 5.26. The largest absolute Gasteiger partial charge is 0.369 e. The number of nitrogens with zero attached hydrogens (tertiary/aromatic N) is 3. The van der Waals surface area contributed by atoms with Crippen LogP contribution in [0.3, 0.4) is 0 Å². The third kappa shape index (κ3) is 0.895. The molecule has 0 fully saturated rings. The molecule has 6 heteroatoms. The maximum Gasteiger partial charge on any atom is 0.302 e. The van der Waals surface area contributed by atoms with E-state index in [1.54, 1.807) is 0 Å². The first kappa shape index (κ1) is 6.71. The number of nitrogens with one attached hydrogen (secondary N) is 1. The lowest BCUT2D eigenvalue weighted by atomic mass is 10.5. The molecule has 0 aliphatic carbocycles. The number of hydrogen-bond acceptors (Lipinski definition) is 5. The van der Waals surface area contributed by atoms with Crippen molar-refractivity contribution in [3.63, 3.8) is 0 Å². The fourth-order valence-corrected chi connectivity index (χ4v) is 0.853. The van der Waals surface area contributed by atoms with E-state index in [4.69, 9.17) is 5.73 Å². The van der Waals surface area contributed by atoms with Gasteiger partial charge in [-0.1, -0.05) is 0 Å². The van der Waals surface area contributed by atoms with Gasteiger partial charge in [0.1, 0.15) is 6.20 Å². The Hall–Kier alpha value is -1.98. The summed E-state index contributed by atoms with van der Waals surface area (Å²) in [4.78, 5) is 24.6. The zero-order valence-electron chi connectivity index (χ0n) is 5.90. The van der Waals surface area contributed by atoms with Crippen LogP contribution in [0.4, 0.5) is 5.95 Å². The quantitative estimate of drug-likeness (QED) is 0.522. The fraction of sp³-hybridized carbons (Fsp3) is 0. The second-order valence-corrected chi connectivity index (χ2v) is 2.12. The van der Waals surface area contributed by atoms with Crippen LogP contribution in [0.1, 0.15) is 0 Å². The lowest BCUT2D eigenvalue weighted by Crippen LogP contribution is -2.12. The molecule has 0 saturated carbocycles. The zero-order valence-corrected chi connectivity index (χ0v) is 5.90. The maximum absolute atomic E-state index is 11.1. The Morgan fingerprint density at radius 2 is 2.42 bits per heavy atom. The minimum absolute atomic E-state index is 0.0352. The molecule has 0 unspecified atom stereocenters. The van der Waals surface area contributed by atoms with Gasteiger partial charge in [0.25, 0.3) is 0 Å². The Bertz CT molecular complexity index is 477. The molecule has 1 radical (unpaired) electrons. The summed E-state index contributed by atoms with van der Waals surface area (Å²) < 4.78 is 0. The number of fused-ring (bicyclic) bond motifs is 1. The molecule has 0 bridgehead atoms. The summed E-state index contributed by atoms with van der Waals surface area (Å²) in [6, 6.07) is 0. The van der Waals surface area contributed by atoms with Crippen molar-refractivity contribution in [3.05, 3.63) is 22.7 Å². The highest BCUT2D eigenvalue weighted by Crippen LogP contribution is 1.97. The van der Waals surface area contributed by atoms with Gasteiger partial charge < -0.3 is 10.7 Å². The van der Waals surface area contributed by atoms with Gasteiger partial charge in [0.15, 0.2) is 11.2 Å². The minimum atomic E-state index is -0.495. The van der Waals surface area contributed by atoms with E-state index in [2.05, 4.69) is 26.1 Å². The van der Waals surface area contributed by atoms with Crippen molar-refractivity contribution in [2.24, 2.45) is 0 Å². The van der Waals surface area contributed by atoms with Crippen molar-refractivity contribution in [3.8, 4) is 0 Å². The van der Waals surface area contributed by atoms with Crippen molar-refractivity contribution in [1.82, 2.24) is 19.9 Å². The topological polar surface area (TPSA) is 97.6 Å². The first-order valence-electron chi connectivity index (χ1n) is 3.16. The van der Waals surface area contributed by atoms with Gasteiger partial charge in [-0.2, -0.15) is 4.98 Å². The van der Waals surface area contributed by atoms with Crippen molar-refractivity contribution in [2.75, 3.05) is 5.73 Å². The zero-order chi connectivity index (χ0) is 8.55. The molecule has 0 amide bonds. The molecule has 6 nitrogen and oxygen atoms in total. The standard InChI is InChI=1S/C6H4N5O/c7-6-10-4-3(5(12)11-6)8-1-2-9-4/h2H,(H3,7,9,10,11,12).